The van der Waals surface area contributed by atoms with Crippen molar-refractivity contribution in [3.63, 3.8) is 0 Å². The SMILES string of the molecule is CC(C)c1cc(-c2cc(F)cc(F)c2)cc(C(C)C)c1N1CN(c2cccc(Oc3ccc4c5ccccc5n(-c5cc(C(C)(C)C)ccn5)c4c3)c2)c2ccccc21. The van der Waals surface area contributed by atoms with Gasteiger partial charge < -0.3 is 14.5 Å². The fourth-order valence-electron chi connectivity index (χ4n) is 8.50. The van der Waals surface area contributed by atoms with E-state index in [0.717, 1.165) is 84.6 Å². The maximum atomic E-state index is 14.4. The van der Waals surface area contributed by atoms with Crippen molar-refractivity contribution >= 4 is 44.6 Å². The first-order valence-electron chi connectivity index (χ1n) is 20.4. The molecule has 0 unspecified atom stereocenters. The average Bonchev–Trinajstić information content (AvgIpc) is 3.76. The highest BCUT2D eigenvalue weighted by molar-refractivity contribution is 6.09. The molecule has 1 aliphatic rings. The molecule has 0 saturated heterocycles. The molecule has 5 nitrogen and oxygen atoms in total. The van der Waals surface area contributed by atoms with E-state index in [4.69, 9.17) is 9.72 Å². The first-order chi connectivity index (χ1) is 28.3. The molecule has 0 fully saturated rings. The summed E-state index contributed by atoms with van der Waals surface area (Å²) in [6, 6.07) is 43.7. The minimum absolute atomic E-state index is 0.0211. The summed E-state index contributed by atoms with van der Waals surface area (Å²) in [5.41, 5.74) is 11.2. The summed E-state index contributed by atoms with van der Waals surface area (Å²) in [6.45, 7) is 15.9. The third-order valence-electron chi connectivity index (χ3n) is 11.5. The second-order valence-electron chi connectivity index (χ2n) is 17.2. The Balaban J connectivity index is 1.09. The van der Waals surface area contributed by atoms with Gasteiger partial charge in [0.2, 0.25) is 0 Å². The molecular weight excluding hydrogens is 735 g/mol. The third-order valence-corrected chi connectivity index (χ3v) is 11.5. The number of para-hydroxylation sites is 3. The van der Waals surface area contributed by atoms with Crippen LogP contribution in [0.25, 0.3) is 38.8 Å². The largest absolute Gasteiger partial charge is 0.457 e. The lowest BCUT2D eigenvalue weighted by Crippen LogP contribution is -2.26. The normalized spacial score (nSPS) is 13.0. The van der Waals surface area contributed by atoms with E-state index >= 15 is 0 Å². The highest BCUT2D eigenvalue weighted by atomic mass is 19.1. The van der Waals surface area contributed by atoms with Crippen LogP contribution in [0.15, 0.2) is 140 Å². The molecule has 0 saturated carbocycles. The maximum Gasteiger partial charge on any atom is 0.137 e. The van der Waals surface area contributed by atoms with E-state index in [1.165, 1.54) is 17.7 Å². The van der Waals surface area contributed by atoms with Gasteiger partial charge in [0.05, 0.1) is 22.4 Å². The van der Waals surface area contributed by atoms with Crippen LogP contribution < -0.4 is 14.5 Å². The van der Waals surface area contributed by atoms with Crippen molar-refractivity contribution in [2.24, 2.45) is 0 Å². The Morgan fingerprint density at radius 1 is 0.593 bits per heavy atom. The van der Waals surface area contributed by atoms with Crippen LogP contribution in [0.1, 0.15) is 77.0 Å². The van der Waals surface area contributed by atoms with Gasteiger partial charge in [0, 0.05) is 46.5 Å². The minimum Gasteiger partial charge on any atom is -0.457 e. The number of pyridine rings is 1. The maximum absolute atomic E-state index is 14.4. The van der Waals surface area contributed by atoms with Crippen molar-refractivity contribution in [3.05, 3.63) is 168 Å². The van der Waals surface area contributed by atoms with Crippen molar-refractivity contribution in [1.82, 2.24) is 9.55 Å². The summed E-state index contributed by atoms with van der Waals surface area (Å²) in [7, 11) is 0. The quantitative estimate of drug-likeness (QED) is 0.154. The molecular formula is C52H48F2N4O. The zero-order valence-electron chi connectivity index (χ0n) is 34.6. The molecule has 0 spiro atoms. The molecule has 0 amide bonds. The second-order valence-corrected chi connectivity index (χ2v) is 17.2. The first kappa shape index (κ1) is 38.1. The molecule has 0 aliphatic carbocycles. The summed E-state index contributed by atoms with van der Waals surface area (Å²) in [5.74, 6) is 1.46. The van der Waals surface area contributed by atoms with E-state index in [1.54, 1.807) is 0 Å². The van der Waals surface area contributed by atoms with E-state index in [9.17, 15) is 8.78 Å². The number of hydrogen-bond donors (Lipinski definition) is 0. The van der Waals surface area contributed by atoms with Gasteiger partial charge in [0.25, 0.3) is 0 Å². The van der Waals surface area contributed by atoms with Gasteiger partial charge in [-0.25, -0.2) is 13.8 Å². The molecule has 0 atom stereocenters. The molecule has 59 heavy (non-hydrogen) atoms. The van der Waals surface area contributed by atoms with Crippen LogP contribution >= 0.6 is 0 Å². The molecule has 7 heteroatoms. The van der Waals surface area contributed by atoms with Crippen LogP contribution in [0.4, 0.5) is 31.5 Å². The van der Waals surface area contributed by atoms with Crippen molar-refractivity contribution in [1.29, 1.82) is 0 Å². The summed E-state index contributed by atoms with van der Waals surface area (Å²) >= 11 is 0. The second kappa shape index (κ2) is 14.7. The van der Waals surface area contributed by atoms with Gasteiger partial charge in [-0.1, -0.05) is 84.9 Å². The molecule has 0 bridgehead atoms. The predicted octanol–water partition coefficient (Wildman–Crippen LogP) is 14.7. The van der Waals surface area contributed by atoms with E-state index in [-0.39, 0.29) is 17.3 Å². The van der Waals surface area contributed by atoms with Gasteiger partial charge in [-0.3, -0.25) is 4.57 Å². The molecule has 0 N–H and O–H groups in total. The molecule has 2 aromatic heterocycles. The van der Waals surface area contributed by atoms with Crippen molar-refractivity contribution in [2.45, 2.75) is 65.7 Å². The lowest BCUT2D eigenvalue weighted by atomic mass is 9.87. The monoisotopic (exact) mass is 782 g/mol. The molecule has 296 valence electrons. The lowest BCUT2D eigenvalue weighted by molar-refractivity contribution is 0.483. The standard InChI is InChI=1S/C52H48F2N4O/c1-32(2)44-25-35(34-23-37(53)28-38(54)24-34)26-45(33(3)4)51(44)57-31-56(47-17-10-11-18-48(47)57)39-13-12-14-40(29-39)59-41-19-20-43-42-15-8-9-16-46(42)58(49(43)30-41)50-27-36(21-22-55-50)52(5,6)7/h8-30,32-33H,31H2,1-7H3. The Morgan fingerprint density at radius 3 is 1.92 bits per heavy atom. The number of nitrogens with zero attached hydrogens (tertiary/aromatic N) is 4. The van der Waals surface area contributed by atoms with Crippen LogP contribution in [-0.4, -0.2) is 16.2 Å². The number of fused-ring (bicyclic) bond motifs is 4. The Morgan fingerprint density at radius 2 is 1.22 bits per heavy atom. The first-order valence-corrected chi connectivity index (χ1v) is 20.4. The summed E-state index contributed by atoms with van der Waals surface area (Å²) in [6.07, 6.45) is 1.90. The molecule has 1 aliphatic heterocycles. The van der Waals surface area contributed by atoms with Crippen molar-refractivity contribution in [3.8, 4) is 28.4 Å². The Hall–Kier alpha value is -6.47. The van der Waals surface area contributed by atoms with E-state index in [1.807, 2.05) is 24.4 Å². The smallest absolute Gasteiger partial charge is 0.137 e. The van der Waals surface area contributed by atoms with Crippen LogP contribution in [0, 0.1) is 11.6 Å². The van der Waals surface area contributed by atoms with Gasteiger partial charge in [-0.15, -0.1) is 0 Å². The molecule has 9 rings (SSSR count). The highest BCUT2D eigenvalue weighted by Gasteiger charge is 2.32. The number of rotatable bonds is 8. The van der Waals surface area contributed by atoms with Crippen LogP contribution in [0.2, 0.25) is 0 Å². The number of anilines is 4. The molecule has 8 aromatic rings. The van der Waals surface area contributed by atoms with Gasteiger partial charge in [0.15, 0.2) is 0 Å². The van der Waals surface area contributed by atoms with E-state index < -0.39 is 11.6 Å². The van der Waals surface area contributed by atoms with Crippen LogP contribution in [-0.2, 0) is 5.41 Å². The van der Waals surface area contributed by atoms with Crippen LogP contribution in [0.5, 0.6) is 11.5 Å². The van der Waals surface area contributed by atoms with Gasteiger partial charge in [-0.05, 0) is 124 Å². The fourth-order valence-corrected chi connectivity index (χ4v) is 8.50. The van der Waals surface area contributed by atoms with Gasteiger partial charge in [0.1, 0.15) is 35.6 Å². The Bertz CT molecular complexity index is 2840. The Kier molecular flexibility index (Phi) is 9.50. The zero-order valence-corrected chi connectivity index (χ0v) is 34.6. The number of aromatic nitrogens is 2. The van der Waals surface area contributed by atoms with E-state index in [2.05, 4.69) is 160 Å². The van der Waals surface area contributed by atoms with Crippen molar-refractivity contribution < 1.29 is 13.5 Å². The van der Waals surface area contributed by atoms with Crippen molar-refractivity contribution in [2.75, 3.05) is 16.5 Å². The molecule has 3 heterocycles. The number of ether oxygens (including phenoxy) is 1. The molecule has 6 aromatic carbocycles. The van der Waals surface area contributed by atoms with Gasteiger partial charge in [-0.2, -0.15) is 0 Å². The zero-order chi connectivity index (χ0) is 41.2. The summed E-state index contributed by atoms with van der Waals surface area (Å²) < 4.78 is 37.8. The number of benzene rings is 6. The number of hydrogen-bond acceptors (Lipinski definition) is 4. The summed E-state index contributed by atoms with van der Waals surface area (Å²) in [4.78, 5) is 9.56. The Labute approximate surface area is 345 Å². The minimum atomic E-state index is -0.584. The fraction of sp³-hybridized carbons (Fsp3) is 0.212. The van der Waals surface area contributed by atoms with Gasteiger partial charge >= 0.3 is 0 Å². The van der Waals surface area contributed by atoms with Crippen LogP contribution in [0.3, 0.4) is 0 Å². The third kappa shape index (κ3) is 6.98. The average molecular weight is 783 g/mol. The number of halogens is 2. The topological polar surface area (TPSA) is 33.5 Å². The molecule has 0 radical (unpaired) electrons. The lowest BCUT2D eigenvalue weighted by Gasteiger charge is -2.30. The summed E-state index contributed by atoms with van der Waals surface area (Å²) in [5, 5.41) is 2.30. The highest BCUT2D eigenvalue weighted by Crippen LogP contribution is 2.50. The predicted molar refractivity (Wildman–Crippen MR) is 239 cm³/mol. The van der Waals surface area contributed by atoms with E-state index in [0.29, 0.717) is 12.2 Å².